The Morgan fingerprint density at radius 3 is 2.62 bits per heavy atom. The highest BCUT2D eigenvalue weighted by molar-refractivity contribution is 6.30. The van der Waals surface area contributed by atoms with Crippen LogP contribution in [0.5, 0.6) is 0 Å². The Morgan fingerprint density at radius 2 is 1.93 bits per heavy atom. The molecule has 1 aromatic heterocycles. The molecule has 1 amide bonds. The molecule has 2 aromatic carbocycles. The number of esters is 1. The zero-order valence-corrected chi connectivity index (χ0v) is 16.0. The first-order valence-electron chi connectivity index (χ1n) is 9.08. The number of hydrogen-bond donors (Lipinski definition) is 1. The summed E-state index contributed by atoms with van der Waals surface area (Å²) in [6.45, 7) is -0.556. The van der Waals surface area contributed by atoms with Crippen LogP contribution in [0.3, 0.4) is 0 Å². The van der Waals surface area contributed by atoms with E-state index < -0.39 is 24.3 Å². The highest BCUT2D eigenvalue weighted by atomic mass is 35.5. The van der Waals surface area contributed by atoms with Crippen LogP contribution in [-0.2, 0) is 9.53 Å². The third-order valence-electron chi connectivity index (χ3n) is 4.47. The molecule has 6 nitrogen and oxygen atoms in total. The molecule has 0 saturated heterocycles. The van der Waals surface area contributed by atoms with E-state index in [1.165, 1.54) is 16.8 Å². The third kappa shape index (κ3) is 4.46. The Hall–Kier alpha value is -3.19. The third-order valence-corrected chi connectivity index (χ3v) is 4.71. The molecule has 0 atom stereocenters. The number of amides is 1. The molecule has 1 N–H and O–H groups in total. The lowest BCUT2D eigenvalue weighted by Gasteiger charge is -2.09. The summed E-state index contributed by atoms with van der Waals surface area (Å²) in [5.41, 5.74) is 1.75. The van der Waals surface area contributed by atoms with Gasteiger partial charge in [-0.3, -0.25) is 4.79 Å². The largest absolute Gasteiger partial charge is 0.451 e. The maximum Gasteiger partial charge on any atom is 0.357 e. The Bertz CT molecular complexity index is 1060. The number of benzene rings is 2. The van der Waals surface area contributed by atoms with Gasteiger partial charge in [-0.05, 0) is 49.2 Å². The second-order valence-corrected chi connectivity index (χ2v) is 7.16. The summed E-state index contributed by atoms with van der Waals surface area (Å²) in [5, 5.41) is 7.10. The summed E-state index contributed by atoms with van der Waals surface area (Å²) in [7, 11) is 0. The minimum Gasteiger partial charge on any atom is -0.451 e. The number of rotatable bonds is 6. The van der Waals surface area contributed by atoms with Crippen molar-refractivity contribution in [3.63, 3.8) is 0 Å². The summed E-state index contributed by atoms with van der Waals surface area (Å²) in [5.74, 6) is -1.66. The highest BCUT2D eigenvalue weighted by Crippen LogP contribution is 2.39. The average molecular weight is 414 g/mol. The van der Waals surface area contributed by atoms with E-state index in [1.54, 1.807) is 6.07 Å². The molecule has 0 aliphatic heterocycles. The average Bonchev–Trinajstić information content (AvgIpc) is 3.47. The van der Waals surface area contributed by atoms with Crippen LogP contribution in [0.4, 0.5) is 10.1 Å². The van der Waals surface area contributed by atoms with Crippen molar-refractivity contribution in [3.8, 4) is 5.69 Å². The smallest absolute Gasteiger partial charge is 0.357 e. The molecule has 1 aliphatic rings. The fourth-order valence-electron chi connectivity index (χ4n) is 2.87. The number of halogens is 2. The molecule has 0 unspecified atom stereocenters. The van der Waals surface area contributed by atoms with Crippen molar-refractivity contribution in [1.29, 1.82) is 0 Å². The zero-order chi connectivity index (χ0) is 20.4. The molecule has 4 rings (SSSR count). The van der Waals surface area contributed by atoms with Crippen molar-refractivity contribution in [2.75, 3.05) is 11.9 Å². The van der Waals surface area contributed by atoms with Gasteiger partial charge in [-0.15, -0.1) is 0 Å². The van der Waals surface area contributed by atoms with Crippen LogP contribution < -0.4 is 5.32 Å². The molecule has 1 aliphatic carbocycles. The first kappa shape index (κ1) is 19.1. The number of para-hydroxylation sites is 1. The van der Waals surface area contributed by atoms with Crippen LogP contribution in [0, 0.1) is 5.82 Å². The summed E-state index contributed by atoms with van der Waals surface area (Å²) in [4.78, 5) is 24.7. The van der Waals surface area contributed by atoms with Gasteiger partial charge in [-0.1, -0.05) is 29.8 Å². The van der Waals surface area contributed by atoms with Crippen molar-refractivity contribution >= 4 is 29.2 Å². The van der Waals surface area contributed by atoms with Crippen molar-refractivity contribution in [2.24, 2.45) is 0 Å². The minimum atomic E-state index is -0.681. The summed E-state index contributed by atoms with van der Waals surface area (Å²) >= 11 is 5.69. The maximum atomic E-state index is 13.8. The van der Waals surface area contributed by atoms with Crippen LogP contribution in [0.2, 0.25) is 5.02 Å². The van der Waals surface area contributed by atoms with Crippen LogP contribution in [0.25, 0.3) is 5.69 Å². The number of hydrogen-bond acceptors (Lipinski definition) is 4. The lowest BCUT2D eigenvalue weighted by atomic mass is 10.2. The second-order valence-electron chi connectivity index (χ2n) is 6.72. The van der Waals surface area contributed by atoms with E-state index in [0.29, 0.717) is 5.92 Å². The first-order chi connectivity index (χ1) is 14.0. The van der Waals surface area contributed by atoms with Gasteiger partial charge in [0, 0.05) is 10.9 Å². The van der Waals surface area contributed by atoms with Gasteiger partial charge in [-0.25, -0.2) is 13.9 Å². The highest BCUT2D eigenvalue weighted by Gasteiger charge is 2.29. The number of carbonyl (C=O) groups is 2. The lowest BCUT2D eigenvalue weighted by Crippen LogP contribution is -2.22. The van der Waals surface area contributed by atoms with Gasteiger partial charge >= 0.3 is 5.97 Å². The second kappa shape index (κ2) is 8.05. The van der Waals surface area contributed by atoms with Gasteiger partial charge in [0.15, 0.2) is 12.3 Å². The molecule has 0 spiro atoms. The monoisotopic (exact) mass is 413 g/mol. The quantitative estimate of drug-likeness (QED) is 0.610. The predicted octanol–water partition coefficient (Wildman–Crippen LogP) is 4.34. The number of aromatic nitrogens is 2. The number of ether oxygens (including phenoxy) is 1. The van der Waals surface area contributed by atoms with Gasteiger partial charge < -0.3 is 10.1 Å². The first-order valence-corrected chi connectivity index (χ1v) is 9.46. The molecular weight excluding hydrogens is 397 g/mol. The molecule has 3 aromatic rings. The van der Waals surface area contributed by atoms with Gasteiger partial charge in [0.05, 0.1) is 17.1 Å². The number of anilines is 1. The molecular formula is C21H17ClFN3O3. The zero-order valence-electron chi connectivity index (χ0n) is 15.3. The van der Waals surface area contributed by atoms with E-state index >= 15 is 0 Å². The standard InChI is InChI=1S/C21H17ClFN3O3/c22-14-8-9-17(16(23)10-14)24-20(27)12-29-21(28)19-11-18(13-6-7-13)25-26(19)15-4-2-1-3-5-15/h1-5,8-11,13H,6-7,12H2,(H,24,27). The van der Waals surface area contributed by atoms with Crippen molar-refractivity contribution < 1.29 is 18.7 Å². The lowest BCUT2D eigenvalue weighted by molar-refractivity contribution is -0.119. The Labute approximate surface area is 171 Å². The van der Waals surface area contributed by atoms with Crippen LogP contribution in [-0.4, -0.2) is 28.3 Å². The summed E-state index contributed by atoms with van der Waals surface area (Å²) in [6, 6.07) is 14.8. The predicted molar refractivity (Wildman–Crippen MR) is 106 cm³/mol. The van der Waals surface area contributed by atoms with Gasteiger partial charge in [0.2, 0.25) is 0 Å². The molecule has 1 fully saturated rings. The maximum absolute atomic E-state index is 13.8. The number of nitrogens with zero attached hydrogens (tertiary/aromatic N) is 2. The van der Waals surface area contributed by atoms with E-state index in [0.717, 1.165) is 30.3 Å². The van der Waals surface area contributed by atoms with Gasteiger partial charge in [0.1, 0.15) is 5.82 Å². The summed E-state index contributed by atoms with van der Waals surface area (Å²) in [6.07, 6.45) is 2.07. The SMILES string of the molecule is O=C(COC(=O)c1cc(C2CC2)nn1-c1ccccc1)Nc1ccc(Cl)cc1F. The normalized spacial score (nSPS) is 13.2. The molecule has 0 bridgehead atoms. The Kier molecular flexibility index (Phi) is 5.31. The number of carbonyl (C=O) groups excluding carboxylic acids is 2. The fraction of sp³-hybridized carbons (Fsp3) is 0.190. The minimum absolute atomic E-state index is 0.0409. The van der Waals surface area contributed by atoms with Crippen LogP contribution in [0.15, 0.2) is 54.6 Å². The van der Waals surface area contributed by atoms with Crippen molar-refractivity contribution in [2.45, 2.75) is 18.8 Å². The Morgan fingerprint density at radius 1 is 1.17 bits per heavy atom. The molecule has 0 radical (unpaired) electrons. The molecule has 1 heterocycles. The van der Waals surface area contributed by atoms with Gasteiger partial charge in [0.25, 0.3) is 5.91 Å². The van der Waals surface area contributed by atoms with Gasteiger partial charge in [-0.2, -0.15) is 5.10 Å². The van der Waals surface area contributed by atoms with Crippen molar-refractivity contribution in [3.05, 3.63) is 76.8 Å². The molecule has 1 saturated carbocycles. The summed E-state index contributed by atoms with van der Waals surface area (Å²) < 4.78 is 20.4. The van der Waals surface area contributed by atoms with E-state index in [-0.39, 0.29) is 16.4 Å². The fourth-order valence-corrected chi connectivity index (χ4v) is 3.03. The van der Waals surface area contributed by atoms with E-state index in [4.69, 9.17) is 16.3 Å². The molecule has 29 heavy (non-hydrogen) atoms. The van der Waals surface area contributed by atoms with Crippen molar-refractivity contribution in [1.82, 2.24) is 9.78 Å². The van der Waals surface area contributed by atoms with Crippen LogP contribution in [0.1, 0.15) is 34.9 Å². The van der Waals surface area contributed by atoms with Crippen LogP contribution >= 0.6 is 11.6 Å². The molecule has 8 heteroatoms. The topological polar surface area (TPSA) is 73.2 Å². The molecule has 148 valence electrons. The Balaban J connectivity index is 1.46. The van der Waals surface area contributed by atoms with E-state index in [2.05, 4.69) is 10.4 Å². The number of nitrogens with one attached hydrogen (secondary N) is 1. The van der Waals surface area contributed by atoms with E-state index in [1.807, 2.05) is 30.3 Å². The van der Waals surface area contributed by atoms with E-state index in [9.17, 15) is 14.0 Å².